The first kappa shape index (κ1) is 21.3. The average Bonchev–Trinajstić information content (AvgIpc) is 2.60. The van der Waals surface area contributed by atoms with Gasteiger partial charge in [0, 0.05) is 6.54 Å². The molecule has 0 saturated carbocycles. The second-order valence-electron chi connectivity index (χ2n) is 7.51. The van der Waals surface area contributed by atoms with Gasteiger partial charge in [-0.15, -0.1) is 0 Å². The van der Waals surface area contributed by atoms with Crippen LogP contribution in [0.1, 0.15) is 37.5 Å². The summed E-state index contributed by atoms with van der Waals surface area (Å²) in [6.45, 7) is 10.4. The van der Waals surface area contributed by atoms with Gasteiger partial charge in [-0.2, -0.15) is 0 Å². The van der Waals surface area contributed by atoms with Crippen LogP contribution in [0, 0.1) is 13.8 Å². The molecule has 0 aromatic heterocycles. The number of para-hydroxylation sites is 1. The van der Waals surface area contributed by atoms with Gasteiger partial charge in [0.1, 0.15) is 18.1 Å². The second-order valence-corrected chi connectivity index (χ2v) is 9.24. The molecule has 0 heterocycles. The van der Waals surface area contributed by atoms with Crippen molar-refractivity contribution < 1.29 is 17.9 Å². The van der Waals surface area contributed by atoms with Crippen molar-refractivity contribution in [3.63, 3.8) is 0 Å². The Morgan fingerprint density at radius 1 is 0.963 bits per heavy atom. The lowest BCUT2D eigenvalue weighted by Gasteiger charge is -2.22. The van der Waals surface area contributed by atoms with E-state index in [0.29, 0.717) is 11.3 Å². The van der Waals surface area contributed by atoms with Gasteiger partial charge in [-0.1, -0.05) is 39.0 Å². The Balaban J connectivity index is 2.05. The lowest BCUT2D eigenvalue weighted by Crippen LogP contribution is -2.29. The summed E-state index contributed by atoms with van der Waals surface area (Å²) in [4.78, 5) is 0.260. The van der Waals surface area contributed by atoms with Gasteiger partial charge in [-0.3, -0.25) is 0 Å². The normalized spacial score (nSPS) is 12.1. The zero-order chi connectivity index (χ0) is 20.2. The smallest absolute Gasteiger partial charge is 0.240 e. The van der Waals surface area contributed by atoms with Crippen molar-refractivity contribution in [2.24, 2.45) is 0 Å². The van der Waals surface area contributed by atoms with E-state index in [-0.39, 0.29) is 23.5 Å². The molecule has 0 bridgehead atoms. The number of rotatable bonds is 7. The van der Waals surface area contributed by atoms with Crippen LogP contribution in [-0.4, -0.2) is 28.7 Å². The number of nitrogens with one attached hydrogen (secondary N) is 1. The van der Waals surface area contributed by atoms with Gasteiger partial charge in [0.25, 0.3) is 0 Å². The van der Waals surface area contributed by atoms with Gasteiger partial charge in [-0.05, 0) is 54.2 Å². The van der Waals surface area contributed by atoms with Crippen LogP contribution in [0.4, 0.5) is 0 Å². The molecule has 2 aromatic rings. The van der Waals surface area contributed by atoms with Crippen molar-refractivity contribution in [1.82, 2.24) is 4.72 Å². The Kier molecular flexibility index (Phi) is 6.54. The largest absolute Gasteiger partial charge is 0.496 e. The molecule has 0 aliphatic heterocycles. The van der Waals surface area contributed by atoms with E-state index in [1.165, 1.54) is 0 Å². The van der Waals surface area contributed by atoms with Gasteiger partial charge < -0.3 is 9.47 Å². The van der Waals surface area contributed by atoms with Crippen LogP contribution in [0.5, 0.6) is 11.5 Å². The number of hydrogen-bond donors (Lipinski definition) is 1. The summed E-state index contributed by atoms with van der Waals surface area (Å²) in [7, 11) is -2.05. The molecular formula is C21H29NO4S. The quantitative estimate of drug-likeness (QED) is 0.726. The average molecular weight is 392 g/mol. The fraction of sp³-hybridized carbons (Fsp3) is 0.429. The lowest BCUT2D eigenvalue weighted by atomic mass is 9.86. The zero-order valence-corrected chi connectivity index (χ0v) is 17.7. The third-order valence-corrected chi connectivity index (χ3v) is 6.15. The van der Waals surface area contributed by atoms with E-state index >= 15 is 0 Å². The standard InChI is InChI=1S/C21H29NO4S/c1-15-16(2)20(12-11-18(15)25-6)27(23,24)22-13-14-26-19-10-8-7-9-17(19)21(3,4)5/h7-12,22H,13-14H2,1-6H3. The molecule has 0 amide bonds. The van der Waals surface area contributed by atoms with Crippen LogP contribution in [0.25, 0.3) is 0 Å². The van der Waals surface area contributed by atoms with Gasteiger partial charge in [0.15, 0.2) is 0 Å². The molecule has 0 aliphatic carbocycles. The van der Waals surface area contributed by atoms with E-state index in [9.17, 15) is 8.42 Å². The second kappa shape index (κ2) is 8.31. The molecule has 5 nitrogen and oxygen atoms in total. The first-order valence-corrected chi connectivity index (χ1v) is 10.4. The molecule has 0 spiro atoms. The number of benzene rings is 2. The van der Waals surface area contributed by atoms with Crippen LogP contribution < -0.4 is 14.2 Å². The molecule has 0 radical (unpaired) electrons. The Hall–Kier alpha value is -2.05. The summed E-state index contributed by atoms with van der Waals surface area (Å²) in [6, 6.07) is 11.1. The topological polar surface area (TPSA) is 64.6 Å². The highest BCUT2D eigenvalue weighted by Crippen LogP contribution is 2.31. The molecule has 2 rings (SSSR count). The Labute approximate surface area is 162 Å². The molecular weight excluding hydrogens is 362 g/mol. The number of methoxy groups -OCH3 is 1. The number of ether oxygens (including phenoxy) is 2. The van der Waals surface area contributed by atoms with Crippen LogP contribution in [0.15, 0.2) is 41.3 Å². The summed E-state index contributed by atoms with van der Waals surface area (Å²) < 4.78 is 39.0. The number of sulfonamides is 1. The molecule has 0 unspecified atom stereocenters. The molecule has 0 aliphatic rings. The lowest BCUT2D eigenvalue weighted by molar-refractivity contribution is 0.314. The molecule has 1 N–H and O–H groups in total. The minimum atomic E-state index is -3.62. The molecule has 0 fully saturated rings. The fourth-order valence-corrected chi connectivity index (χ4v) is 4.22. The van der Waals surface area contributed by atoms with Crippen molar-refractivity contribution in [3.8, 4) is 11.5 Å². The van der Waals surface area contributed by atoms with E-state index in [2.05, 4.69) is 25.5 Å². The number of hydrogen-bond acceptors (Lipinski definition) is 4. The van der Waals surface area contributed by atoms with Crippen LogP contribution in [0.3, 0.4) is 0 Å². The minimum Gasteiger partial charge on any atom is -0.496 e. The van der Waals surface area contributed by atoms with Crippen molar-refractivity contribution in [2.45, 2.75) is 44.9 Å². The maximum absolute atomic E-state index is 12.6. The highest BCUT2D eigenvalue weighted by atomic mass is 32.2. The summed E-state index contributed by atoms with van der Waals surface area (Å²) in [5.41, 5.74) is 2.54. The SMILES string of the molecule is COc1ccc(S(=O)(=O)NCCOc2ccccc2C(C)(C)C)c(C)c1C. The first-order chi connectivity index (χ1) is 12.6. The summed E-state index contributed by atoms with van der Waals surface area (Å²) in [5, 5.41) is 0. The molecule has 148 valence electrons. The maximum Gasteiger partial charge on any atom is 0.240 e. The highest BCUT2D eigenvalue weighted by Gasteiger charge is 2.20. The van der Waals surface area contributed by atoms with Crippen molar-refractivity contribution in [2.75, 3.05) is 20.3 Å². The molecule has 6 heteroatoms. The molecule has 0 saturated heterocycles. The third kappa shape index (κ3) is 5.02. The van der Waals surface area contributed by atoms with E-state index in [1.807, 2.05) is 31.2 Å². The Morgan fingerprint density at radius 3 is 2.26 bits per heavy atom. The summed E-state index contributed by atoms with van der Waals surface area (Å²) >= 11 is 0. The summed E-state index contributed by atoms with van der Waals surface area (Å²) in [5.74, 6) is 1.45. The fourth-order valence-electron chi connectivity index (χ4n) is 2.91. The highest BCUT2D eigenvalue weighted by molar-refractivity contribution is 7.89. The zero-order valence-electron chi connectivity index (χ0n) is 16.9. The van der Waals surface area contributed by atoms with Crippen LogP contribution >= 0.6 is 0 Å². The maximum atomic E-state index is 12.6. The van der Waals surface area contributed by atoms with E-state index in [0.717, 1.165) is 16.9 Å². The summed E-state index contributed by atoms with van der Waals surface area (Å²) in [6.07, 6.45) is 0. The van der Waals surface area contributed by atoms with Gasteiger partial charge in [-0.25, -0.2) is 13.1 Å². The predicted octanol–water partition coefficient (Wildman–Crippen LogP) is 3.97. The van der Waals surface area contributed by atoms with Crippen LogP contribution in [0.2, 0.25) is 0 Å². The van der Waals surface area contributed by atoms with Gasteiger partial charge in [0.2, 0.25) is 10.0 Å². The third-order valence-electron chi connectivity index (χ3n) is 4.54. The predicted molar refractivity (Wildman–Crippen MR) is 108 cm³/mol. The molecule has 0 atom stereocenters. The van der Waals surface area contributed by atoms with E-state index < -0.39 is 10.0 Å². The molecule has 2 aromatic carbocycles. The van der Waals surface area contributed by atoms with Gasteiger partial charge in [0.05, 0.1) is 12.0 Å². The van der Waals surface area contributed by atoms with Gasteiger partial charge >= 0.3 is 0 Å². The monoisotopic (exact) mass is 391 g/mol. The van der Waals surface area contributed by atoms with E-state index in [1.54, 1.807) is 26.2 Å². The van der Waals surface area contributed by atoms with Crippen LogP contribution in [-0.2, 0) is 15.4 Å². The molecule has 27 heavy (non-hydrogen) atoms. The Morgan fingerprint density at radius 2 is 1.63 bits per heavy atom. The first-order valence-electron chi connectivity index (χ1n) is 8.94. The minimum absolute atomic E-state index is 0.0478. The van der Waals surface area contributed by atoms with Crippen molar-refractivity contribution in [3.05, 3.63) is 53.1 Å². The Bertz CT molecular complexity index is 899. The van der Waals surface area contributed by atoms with Crippen molar-refractivity contribution >= 4 is 10.0 Å². The van der Waals surface area contributed by atoms with E-state index in [4.69, 9.17) is 9.47 Å². The van der Waals surface area contributed by atoms with Crippen molar-refractivity contribution in [1.29, 1.82) is 0 Å².